The Morgan fingerprint density at radius 1 is 1.03 bits per heavy atom. The van der Waals surface area contributed by atoms with Crippen LogP contribution in [-0.2, 0) is 11.2 Å². The van der Waals surface area contributed by atoms with Crippen LogP contribution in [0.25, 0.3) is 34.2 Å². The Kier molecular flexibility index (Phi) is 8.10. The Morgan fingerprint density at radius 3 is 2.54 bits per heavy atom. The van der Waals surface area contributed by atoms with Gasteiger partial charge in [-0.15, -0.1) is 11.8 Å². The van der Waals surface area contributed by atoms with Gasteiger partial charge in [0.15, 0.2) is 11.6 Å². The molecule has 0 amide bonds. The number of aliphatic carboxylic acids is 1. The normalized spacial score (nSPS) is 15.1. The molecule has 1 fully saturated rings. The van der Waals surface area contributed by atoms with E-state index in [1.165, 1.54) is 0 Å². The minimum Gasteiger partial charge on any atom is -0.481 e. The van der Waals surface area contributed by atoms with Crippen molar-refractivity contribution in [1.29, 1.82) is 0 Å². The van der Waals surface area contributed by atoms with Gasteiger partial charge >= 0.3 is 5.97 Å². The lowest BCUT2D eigenvalue weighted by atomic mass is 9.99. The summed E-state index contributed by atoms with van der Waals surface area (Å²) in [7, 11) is 0. The number of hydrogen-bond donors (Lipinski definition) is 2. The molecule has 1 aromatic heterocycles. The van der Waals surface area contributed by atoms with Crippen LogP contribution in [0.1, 0.15) is 36.6 Å². The van der Waals surface area contributed by atoms with E-state index in [1.54, 1.807) is 30.8 Å². The number of fused-ring (bicyclic) bond motifs is 1. The molecule has 4 nitrogen and oxygen atoms in total. The molecule has 39 heavy (non-hydrogen) atoms. The number of aliphatic hydroxyl groups excluding tert-OH is 1. The van der Waals surface area contributed by atoms with E-state index < -0.39 is 23.7 Å². The van der Waals surface area contributed by atoms with Crippen molar-refractivity contribution in [3.8, 4) is 11.1 Å². The van der Waals surface area contributed by atoms with Gasteiger partial charge in [0.25, 0.3) is 0 Å². The summed E-state index contributed by atoms with van der Waals surface area (Å²) >= 11 is 1.55. The molecule has 1 heterocycles. The molecule has 0 aliphatic heterocycles. The molecule has 1 aliphatic carbocycles. The highest BCUT2D eigenvalue weighted by molar-refractivity contribution is 7.99. The number of carbonyl (C=O) groups is 1. The number of rotatable bonds is 10. The van der Waals surface area contributed by atoms with Crippen molar-refractivity contribution in [3.05, 3.63) is 95.2 Å². The number of halogens is 2. The van der Waals surface area contributed by atoms with Crippen molar-refractivity contribution in [2.45, 2.75) is 37.2 Å². The van der Waals surface area contributed by atoms with Gasteiger partial charge in [-0.1, -0.05) is 36.4 Å². The lowest BCUT2D eigenvalue weighted by Gasteiger charge is -2.16. The maximum Gasteiger partial charge on any atom is 0.307 e. The zero-order valence-corrected chi connectivity index (χ0v) is 22.3. The van der Waals surface area contributed by atoms with Crippen LogP contribution in [0.4, 0.5) is 8.78 Å². The van der Waals surface area contributed by atoms with Crippen LogP contribution in [0, 0.1) is 23.5 Å². The number of carboxylic acid groups (broad SMARTS) is 1. The molecule has 3 aromatic carbocycles. The van der Waals surface area contributed by atoms with Gasteiger partial charge < -0.3 is 10.2 Å². The first kappa shape index (κ1) is 27.0. The largest absolute Gasteiger partial charge is 0.481 e. The summed E-state index contributed by atoms with van der Waals surface area (Å²) < 4.78 is 27.1. The Balaban J connectivity index is 1.36. The predicted molar refractivity (Wildman–Crippen MR) is 152 cm³/mol. The van der Waals surface area contributed by atoms with Gasteiger partial charge in [-0.3, -0.25) is 4.79 Å². The fourth-order valence-corrected chi connectivity index (χ4v) is 5.96. The van der Waals surface area contributed by atoms with Crippen molar-refractivity contribution >= 4 is 40.8 Å². The summed E-state index contributed by atoms with van der Waals surface area (Å²) in [5, 5.41) is 20.2. The Hall–Kier alpha value is -3.55. The molecule has 2 N–H and O–H groups in total. The summed E-state index contributed by atoms with van der Waals surface area (Å²) in [6.45, 7) is 1.75. The van der Waals surface area contributed by atoms with Gasteiger partial charge in [0.2, 0.25) is 0 Å². The molecular formula is C32H29F2NO3S. The first-order valence-corrected chi connectivity index (χ1v) is 14.0. The fourth-order valence-electron chi connectivity index (χ4n) is 4.69. The van der Waals surface area contributed by atoms with Crippen LogP contribution in [0.3, 0.4) is 0 Å². The topological polar surface area (TPSA) is 70.4 Å². The van der Waals surface area contributed by atoms with Gasteiger partial charge in [0, 0.05) is 22.1 Å². The average Bonchev–Trinajstić information content (AvgIpc) is 3.74. The van der Waals surface area contributed by atoms with E-state index in [4.69, 9.17) is 0 Å². The Labute approximate surface area is 230 Å². The van der Waals surface area contributed by atoms with Crippen molar-refractivity contribution in [1.82, 2.24) is 4.98 Å². The minimum absolute atomic E-state index is 0.277. The summed E-state index contributed by atoms with van der Waals surface area (Å²) in [6.07, 6.45) is 5.68. The monoisotopic (exact) mass is 545 g/mol. The maximum atomic E-state index is 13.6. The highest BCUT2D eigenvalue weighted by atomic mass is 32.2. The standard InChI is InChI=1S/C32H29F2NO3S/c1-19(36)13-25-15-23(9-12-31(25)39-18-27(32(37)38)21-6-7-21)22-4-2-3-20(14-22)5-10-26-11-8-24-16-28(33)29(34)17-30(24)35-26/h2-5,8-12,14-17,19,21,27,36H,6-7,13,18H2,1H3,(H,37,38). The van der Waals surface area contributed by atoms with Crippen LogP contribution in [0.2, 0.25) is 0 Å². The third-order valence-corrected chi connectivity index (χ3v) is 8.16. The predicted octanol–water partition coefficient (Wildman–Crippen LogP) is 7.48. The number of aliphatic hydroxyl groups is 1. The number of hydrogen-bond acceptors (Lipinski definition) is 4. The summed E-state index contributed by atoms with van der Waals surface area (Å²) in [5.74, 6) is -2.09. The van der Waals surface area contributed by atoms with E-state index >= 15 is 0 Å². The summed E-state index contributed by atoms with van der Waals surface area (Å²) in [5.41, 5.74) is 4.97. The van der Waals surface area contributed by atoms with Crippen molar-refractivity contribution in [2.24, 2.45) is 11.8 Å². The van der Waals surface area contributed by atoms with Gasteiger partial charge in [-0.25, -0.2) is 13.8 Å². The molecule has 0 saturated heterocycles. The van der Waals surface area contributed by atoms with E-state index in [0.29, 0.717) is 28.8 Å². The molecular weight excluding hydrogens is 516 g/mol. The molecule has 1 saturated carbocycles. The lowest BCUT2D eigenvalue weighted by Crippen LogP contribution is -2.18. The summed E-state index contributed by atoms with van der Waals surface area (Å²) in [4.78, 5) is 17.1. The number of benzene rings is 3. The van der Waals surface area contributed by atoms with Crippen LogP contribution in [-0.4, -0.2) is 33.0 Å². The highest BCUT2D eigenvalue weighted by Gasteiger charge is 2.36. The second kappa shape index (κ2) is 11.7. The molecule has 0 spiro atoms. The quantitative estimate of drug-likeness (QED) is 0.202. The van der Waals surface area contributed by atoms with E-state index in [2.05, 4.69) is 17.1 Å². The Bertz CT molecular complexity index is 1550. The van der Waals surface area contributed by atoms with Crippen molar-refractivity contribution in [3.63, 3.8) is 0 Å². The van der Waals surface area contributed by atoms with Crippen molar-refractivity contribution < 1.29 is 23.8 Å². The maximum absolute atomic E-state index is 13.6. The second-order valence-electron chi connectivity index (χ2n) is 10.1. The molecule has 2 unspecified atom stereocenters. The first-order valence-electron chi connectivity index (χ1n) is 13.0. The Morgan fingerprint density at radius 2 is 1.79 bits per heavy atom. The third-order valence-electron chi connectivity index (χ3n) is 6.92. The third kappa shape index (κ3) is 6.72. The number of aromatic nitrogens is 1. The molecule has 1 aliphatic rings. The number of pyridine rings is 1. The van der Waals surface area contributed by atoms with E-state index in [-0.39, 0.29) is 11.8 Å². The molecule has 7 heteroatoms. The van der Waals surface area contributed by atoms with Crippen LogP contribution >= 0.6 is 11.8 Å². The van der Waals surface area contributed by atoms with E-state index in [1.807, 2.05) is 42.5 Å². The fraction of sp³-hybridized carbons (Fsp3) is 0.250. The number of nitrogens with zero attached hydrogens (tertiary/aromatic N) is 1. The zero-order valence-electron chi connectivity index (χ0n) is 21.5. The molecule has 200 valence electrons. The molecule has 4 aromatic rings. The number of carboxylic acids is 1. The van der Waals surface area contributed by atoms with Gasteiger partial charge in [0.05, 0.1) is 23.2 Å². The molecule has 0 bridgehead atoms. The SMILES string of the molecule is CC(O)Cc1cc(-c2cccc(C=Cc3ccc4cc(F)c(F)cc4n3)c2)ccc1SCC(C(=O)O)C1CC1. The van der Waals surface area contributed by atoms with Gasteiger partial charge in [-0.05, 0) is 90.8 Å². The molecule has 0 radical (unpaired) electrons. The zero-order chi connectivity index (χ0) is 27.5. The second-order valence-corrected chi connectivity index (χ2v) is 11.2. The number of thioether (sulfide) groups is 1. The van der Waals surface area contributed by atoms with Gasteiger partial charge in [-0.2, -0.15) is 0 Å². The van der Waals surface area contributed by atoms with Crippen LogP contribution < -0.4 is 0 Å². The van der Waals surface area contributed by atoms with Crippen molar-refractivity contribution in [2.75, 3.05) is 5.75 Å². The van der Waals surface area contributed by atoms with Crippen LogP contribution in [0.15, 0.2) is 71.6 Å². The lowest BCUT2D eigenvalue weighted by molar-refractivity contribution is -0.141. The summed E-state index contributed by atoms with van der Waals surface area (Å²) in [6, 6.07) is 19.8. The molecule has 2 atom stereocenters. The first-order chi connectivity index (χ1) is 18.8. The van der Waals surface area contributed by atoms with E-state index in [0.717, 1.165) is 52.1 Å². The highest BCUT2D eigenvalue weighted by Crippen LogP contribution is 2.40. The molecule has 5 rings (SSSR count). The van der Waals surface area contributed by atoms with Crippen LogP contribution in [0.5, 0.6) is 0 Å². The smallest absolute Gasteiger partial charge is 0.307 e. The average molecular weight is 546 g/mol. The minimum atomic E-state index is -0.923. The van der Waals surface area contributed by atoms with E-state index in [9.17, 15) is 23.8 Å². The van der Waals surface area contributed by atoms with Gasteiger partial charge in [0.1, 0.15) is 0 Å².